The molecule has 1 atom stereocenters. The summed E-state index contributed by atoms with van der Waals surface area (Å²) >= 11 is 0. The second kappa shape index (κ2) is 6.99. The number of aromatic nitrogens is 4. The lowest BCUT2D eigenvalue weighted by Gasteiger charge is -2.26. The maximum Gasteiger partial charge on any atom is 0.142 e. The number of pyridine rings is 1. The summed E-state index contributed by atoms with van der Waals surface area (Å²) in [6.45, 7) is 1.83. The summed E-state index contributed by atoms with van der Waals surface area (Å²) < 4.78 is 0. The van der Waals surface area contributed by atoms with Crippen LogP contribution < -0.4 is 9.80 Å². The third-order valence-corrected chi connectivity index (χ3v) is 4.58. The Morgan fingerprint density at radius 2 is 2.16 bits per heavy atom. The van der Waals surface area contributed by atoms with Crippen LogP contribution >= 0.6 is 13.5 Å². The van der Waals surface area contributed by atoms with Crippen LogP contribution in [0.25, 0.3) is 11.0 Å². The van der Waals surface area contributed by atoms with Crippen molar-refractivity contribution in [1.82, 2.24) is 19.9 Å². The fraction of sp³-hybridized carbons (Fsp3) is 0.294. The SMILES string of the molecule is CN(c1ccc(C#N)cn1)[C@H]1CCN(c2ncnc3[nH]ccc23)C1.S. The summed E-state index contributed by atoms with van der Waals surface area (Å²) in [4.78, 5) is 20.7. The van der Waals surface area contributed by atoms with E-state index in [0.29, 0.717) is 11.6 Å². The van der Waals surface area contributed by atoms with E-state index in [0.717, 1.165) is 42.2 Å². The lowest BCUT2D eigenvalue weighted by atomic mass is 10.2. The van der Waals surface area contributed by atoms with Gasteiger partial charge in [0.25, 0.3) is 0 Å². The highest BCUT2D eigenvalue weighted by Crippen LogP contribution is 2.27. The van der Waals surface area contributed by atoms with Crippen molar-refractivity contribution in [2.45, 2.75) is 12.5 Å². The average molecular weight is 353 g/mol. The molecule has 0 bridgehead atoms. The first-order valence-electron chi connectivity index (χ1n) is 7.88. The predicted octanol–water partition coefficient (Wildman–Crippen LogP) is 2.05. The molecule has 1 aliphatic rings. The van der Waals surface area contributed by atoms with Crippen LogP contribution in [0.4, 0.5) is 11.6 Å². The number of hydrogen-bond donors (Lipinski definition) is 1. The molecule has 3 aromatic rings. The molecular weight excluding hydrogens is 334 g/mol. The number of H-pyrrole nitrogens is 1. The molecule has 8 heteroatoms. The van der Waals surface area contributed by atoms with Crippen molar-refractivity contribution in [3.63, 3.8) is 0 Å². The van der Waals surface area contributed by atoms with E-state index in [2.05, 4.69) is 42.9 Å². The van der Waals surface area contributed by atoms with Crippen LogP contribution in [-0.2, 0) is 0 Å². The zero-order chi connectivity index (χ0) is 16.5. The van der Waals surface area contributed by atoms with Crippen molar-refractivity contribution >= 4 is 36.2 Å². The quantitative estimate of drug-likeness (QED) is 0.776. The van der Waals surface area contributed by atoms with Gasteiger partial charge < -0.3 is 14.8 Å². The Kier molecular flexibility index (Phi) is 4.76. The molecule has 7 nitrogen and oxygen atoms in total. The van der Waals surface area contributed by atoms with Gasteiger partial charge in [-0.15, -0.1) is 0 Å². The van der Waals surface area contributed by atoms with Gasteiger partial charge >= 0.3 is 0 Å². The molecule has 0 spiro atoms. The molecular formula is C17H19N7S. The van der Waals surface area contributed by atoms with Crippen molar-refractivity contribution in [2.75, 3.05) is 29.9 Å². The lowest BCUT2D eigenvalue weighted by molar-refractivity contribution is 0.684. The molecule has 128 valence electrons. The van der Waals surface area contributed by atoms with E-state index in [1.165, 1.54) is 0 Å². The topological polar surface area (TPSA) is 84.7 Å². The fourth-order valence-corrected chi connectivity index (χ4v) is 3.21. The number of fused-ring (bicyclic) bond motifs is 1. The molecule has 0 aliphatic carbocycles. The second-order valence-electron chi connectivity index (χ2n) is 5.95. The van der Waals surface area contributed by atoms with Crippen molar-refractivity contribution < 1.29 is 0 Å². The molecule has 4 rings (SSSR count). The maximum atomic E-state index is 8.88. The normalized spacial score (nSPS) is 16.5. The highest BCUT2D eigenvalue weighted by atomic mass is 32.1. The number of nitriles is 1. The number of hydrogen-bond acceptors (Lipinski definition) is 6. The van der Waals surface area contributed by atoms with E-state index in [4.69, 9.17) is 5.26 Å². The predicted molar refractivity (Wildman–Crippen MR) is 102 cm³/mol. The van der Waals surface area contributed by atoms with Crippen LogP contribution in [0.15, 0.2) is 36.9 Å². The minimum atomic E-state index is 0. The molecule has 0 saturated carbocycles. The van der Waals surface area contributed by atoms with Crippen LogP contribution in [0.1, 0.15) is 12.0 Å². The molecule has 1 aliphatic heterocycles. The molecule has 0 unspecified atom stereocenters. The van der Waals surface area contributed by atoms with E-state index >= 15 is 0 Å². The molecule has 3 aromatic heterocycles. The molecule has 0 amide bonds. The molecule has 0 aromatic carbocycles. The summed E-state index contributed by atoms with van der Waals surface area (Å²) in [6, 6.07) is 8.18. The van der Waals surface area contributed by atoms with E-state index in [9.17, 15) is 0 Å². The third kappa shape index (κ3) is 3.10. The van der Waals surface area contributed by atoms with Gasteiger partial charge in [-0.05, 0) is 24.6 Å². The average Bonchev–Trinajstić information content (AvgIpc) is 3.30. The third-order valence-electron chi connectivity index (χ3n) is 4.58. The van der Waals surface area contributed by atoms with Gasteiger partial charge in [-0.1, -0.05) is 0 Å². The van der Waals surface area contributed by atoms with Gasteiger partial charge in [0.05, 0.1) is 10.9 Å². The molecule has 0 radical (unpaired) electrons. The number of aromatic amines is 1. The smallest absolute Gasteiger partial charge is 0.142 e. The zero-order valence-electron chi connectivity index (χ0n) is 13.8. The Labute approximate surface area is 152 Å². The minimum absolute atomic E-state index is 0. The Morgan fingerprint density at radius 1 is 1.28 bits per heavy atom. The molecule has 1 fully saturated rings. The van der Waals surface area contributed by atoms with Gasteiger partial charge in [0.1, 0.15) is 29.7 Å². The van der Waals surface area contributed by atoms with Crippen molar-refractivity contribution in [3.8, 4) is 6.07 Å². The van der Waals surface area contributed by atoms with Crippen LogP contribution in [0.3, 0.4) is 0 Å². The zero-order valence-corrected chi connectivity index (χ0v) is 14.8. The molecule has 1 saturated heterocycles. The maximum absolute atomic E-state index is 8.88. The Bertz CT molecular complexity index is 899. The second-order valence-corrected chi connectivity index (χ2v) is 5.95. The van der Waals surface area contributed by atoms with Gasteiger partial charge in [0, 0.05) is 38.6 Å². The van der Waals surface area contributed by atoms with E-state index in [1.807, 2.05) is 18.3 Å². The number of nitrogens with one attached hydrogen (secondary N) is 1. The summed E-state index contributed by atoms with van der Waals surface area (Å²) in [5.41, 5.74) is 1.45. The Morgan fingerprint density at radius 3 is 2.92 bits per heavy atom. The number of likely N-dealkylation sites (N-methyl/N-ethyl adjacent to an activating group) is 1. The standard InChI is InChI=1S/C17H17N7.H2S/c1-23(15-3-2-12(8-18)9-20-15)13-5-7-24(10-13)17-14-4-6-19-16(14)21-11-22-17;/h2-4,6,9,11,13H,5,7,10H2,1H3,(H,19,21,22);1H2/t13-;/m0./s1. The highest BCUT2D eigenvalue weighted by Gasteiger charge is 2.28. The van der Waals surface area contributed by atoms with E-state index < -0.39 is 0 Å². The lowest BCUT2D eigenvalue weighted by Crippen LogP contribution is -2.35. The van der Waals surface area contributed by atoms with Crippen molar-refractivity contribution in [1.29, 1.82) is 5.26 Å². The summed E-state index contributed by atoms with van der Waals surface area (Å²) in [7, 11) is 2.05. The van der Waals surface area contributed by atoms with Crippen LogP contribution in [0.2, 0.25) is 0 Å². The van der Waals surface area contributed by atoms with Gasteiger partial charge in [-0.25, -0.2) is 15.0 Å². The van der Waals surface area contributed by atoms with Gasteiger partial charge in [0.15, 0.2) is 0 Å². The highest BCUT2D eigenvalue weighted by molar-refractivity contribution is 7.59. The minimum Gasteiger partial charge on any atom is -0.355 e. The van der Waals surface area contributed by atoms with E-state index in [-0.39, 0.29) is 13.5 Å². The first-order valence-corrected chi connectivity index (χ1v) is 7.88. The van der Waals surface area contributed by atoms with Crippen LogP contribution in [0.5, 0.6) is 0 Å². The first kappa shape index (κ1) is 17.0. The Balaban J connectivity index is 0.00000182. The monoisotopic (exact) mass is 353 g/mol. The van der Waals surface area contributed by atoms with Gasteiger partial charge in [0.2, 0.25) is 0 Å². The van der Waals surface area contributed by atoms with Crippen molar-refractivity contribution in [2.24, 2.45) is 0 Å². The molecule has 4 heterocycles. The number of anilines is 2. The van der Waals surface area contributed by atoms with Gasteiger partial charge in [-0.2, -0.15) is 18.8 Å². The Hall–Kier alpha value is -2.79. The van der Waals surface area contributed by atoms with Crippen molar-refractivity contribution in [3.05, 3.63) is 42.5 Å². The molecule has 1 N–H and O–H groups in total. The first-order chi connectivity index (χ1) is 11.8. The number of nitrogens with zero attached hydrogens (tertiary/aromatic N) is 6. The molecule has 25 heavy (non-hydrogen) atoms. The summed E-state index contributed by atoms with van der Waals surface area (Å²) in [5, 5.41) is 9.94. The van der Waals surface area contributed by atoms with E-state index in [1.54, 1.807) is 18.6 Å². The summed E-state index contributed by atoms with van der Waals surface area (Å²) in [6.07, 6.45) is 6.15. The largest absolute Gasteiger partial charge is 0.355 e. The van der Waals surface area contributed by atoms with Gasteiger partial charge in [-0.3, -0.25) is 0 Å². The number of rotatable bonds is 3. The van der Waals surface area contributed by atoms with Crippen LogP contribution in [-0.4, -0.2) is 46.1 Å². The fourth-order valence-electron chi connectivity index (χ4n) is 3.21. The van der Waals surface area contributed by atoms with Crippen LogP contribution in [0, 0.1) is 11.3 Å². The summed E-state index contributed by atoms with van der Waals surface area (Å²) in [5.74, 6) is 1.86.